The number of nitrogens with zero attached hydrogens (tertiary/aromatic N) is 3. The molecule has 1 heterocycles. The van der Waals surface area contributed by atoms with Gasteiger partial charge in [-0.05, 0) is 19.9 Å². The molecule has 0 atom stereocenters. The lowest BCUT2D eigenvalue weighted by Crippen LogP contribution is -2.31. The molecular weight excluding hydrogens is 230 g/mol. The summed E-state index contributed by atoms with van der Waals surface area (Å²) in [5, 5.41) is 18.3. The highest BCUT2D eigenvalue weighted by Gasteiger charge is 2.14. The smallest absolute Gasteiger partial charge is 0.103 e. The molecule has 0 amide bonds. The summed E-state index contributed by atoms with van der Waals surface area (Å²) in [4.78, 5) is 6.23. The number of aliphatic hydroxyl groups is 1. The molecule has 0 fully saturated rings. The van der Waals surface area contributed by atoms with Crippen LogP contribution in [0.25, 0.3) is 0 Å². The van der Waals surface area contributed by atoms with Crippen molar-refractivity contribution in [3.8, 4) is 6.07 Å². The summed E-state index contributed by atoms with van der Waals surface area (Å²) in [7, 11) is 1.63. The van der Waals surface area contributed by atoms with E-state index in [0.29, 0.717) is 31.0 Å². The van der Waals surface area contributed by atoms with Gasteiger partial charge in [-0.3, -0.25) is 4.98 Å². The highest BCUT2D eigenvalue weighted by atomic mass is 16.5. The second kappa shape index (κ2) is 6.94. The van der Waals surface area contributed by atoms with E-state index in [-0.39, 0.29) is 6.61 Å². The number of hydrogen-bond acceptors (Lipinski definition) is 5. The maximum atomic E-state index is 9.22. The fraction of sp³-hybridized carbons (Fsp3) is 0.538. The zero-order valence-corrected chi connectivity index (χ0v) is 11.1. The number of nitriles is 1. The summed E-state index contributed by atoms with van der Waals surface area (Å²) in [6, 6.07) is 4.05. The third kappa shape index (κ3) is 3.42. The van der Waals surface area contributed by atoms with Crippen LogP contribution in [0.5, 0.6) is 0 Å². The van der Waals surface area contributed by atoms with Crippen LogP contribution in [-0.2, 0) is 4.74 Å². The summed E-state index contributed by atoms with van der Waals surface area (Å²) in [6.45, 7) is 5.41. The number of pyridine rings is 1. The normalized spacial score (nSPS) is 10.2. The van der Waals surface area contributed by atoms with Crippen LogP contribution >= 0.6 is 0 Å². The molecule has 0 unspecified atom stereocenters. The summed E-state index contributed by atoms with van der Waals surface area (Å²) in [6.07, 6.45) is 0. The summed E-state index contributed by atoms with van der Waals surface area (Å²) in [5.41, 5.74) is 2.95. The van der Waals surface area contributed by atoms with Gasteiger partial charge in [-0.2, -0.15) is 5.26 Å². The molecule has 0 bridgehead atoms. The first kappa shape index (κ1) is 14.4. The van der Waals surface area contributed by atoms with Crippen LogP contribution in [0.3, 0.4) is 0 Å². The number of anilines is 1. The lowest BCUT2D eigenvalue weighted by molar-refractivity contribution is 0.203. The predicted octanol–water partition coefficient (Wildman–Crippen LogP) is 1.02. The minimum absolute atomic E-state index is 0.0367. The van der Waals surface area contributed by atoms with Crippen molar-refractivity contribution in [2.45, 2.75) is 13.8 Å². The molecule has 0 spiro atoms. The van der Waals surface area contributed by atoms with Gasteiger partial charge in [-0.25, -0.2) is 0 Å². The van der Waals surface area contributed by atoms with Crippen molar-refractivity contribution in [2.24, 2.45) is 0 Å². The monoisotopic (exact) mass is 249 g/mol. The van der Waals surface area contributed by atoms with Gasteiger partial charge in [0, 0.05) is 25.9 Å². The molecule has 0 aromatic carbocycles. The Morgan fingerprint density at radius 3 is 2.72 bits per heavy atom. The Balaban J connectivity index is 3.13. The second-order valence-electron chi connectivity index (χ2n) is 4.06. The van der Waals surface area contributed by atoms with E-state index in [4.69, 9.17) is 9.84 Å². The number of hydrogen-bond donors (Lipinski definition) is 1. The maximum Gasteiger partial charge on any atom is 0.103 e. The second-order valence-corrected chi connectivity index (χ2v) is 4.06. The number of aromatic nitrogens is 1. The molecule has 98 valence electrons. The van der Waals surface area contributed by atoms with Gasteiger partial charge in [0.05, 0.1) is 30.2 Å². The van der Waals surface area contributed by atoms with Crippen LogP contribution in [0.2, 0.25) is 0 Å². The van der Waals surface area contributed by atoms with Crippen molar-refractivity contribution in [3.05, 3.63) is 23.0 Å². The van der Waals surface area contributed by atoms with Crippen molar-refractivity contribution in [1.82, 2.24) is 4.98 Å². The molecular formula is C13H19N3O2. The largest absolute Gasteiger partial charge is 0.395 e. The lowest BCUT2D eigenvalue weighted by atomic mass is 10.1. The van der Waals surface area contributed by atoms with Crippen LogP contribution in [0, 0.1) is 25.2 Å². The predicted molar refractivity (Wildman–Crippen MR) is 69.6 cm³/mol. The highest BCUT2D eigenvalue weighted by Crippen LogP contribution is 2.22. The fourth-order valence-corrected chi connectivity index (χ4v) is 1.87. The van der Waals surface area contributed by atoms with Crippen molar-refractivity contribution in [2.75, 3.05) is 38.3 Å². The van der Waals surface area contributed by atoms with Gasteiger partial charge in [-0.15, -0.1) is 0 Å². The number of aliphatic hydroxyl groups excluding tert-OH is 1. The van der Waals surface area contributed by atoms with Gasteiger partial charge in [0.15, 0.2) is 0 Å². The first-order chi connectivity index (χ1) is 8.63. The first-order valence-electron chi connectivity index (χ1n) is 5.87. The molecule has 0 aliphatic carbocycles. The minimum Gasteiger partial charge on any atom is -0.395 e. The van der Waals surface area contributed by atoms with E-state index in [2.05, 4.69) is 11.1 Å². The molecule has 5 heteroatoms. The zero-order valence-electron chi connectivity index (χ0n) is 11.1. The lowest BCUT2D eigenvalue weighted by Gasteiger charge is -2.25. The van der Waals surface area contributed by atoms with Gasteiger partial charge in [-0.1, -0.05) is 0 Å². The topological polar surface area (TPSA) is 69.4 Å². The van der Waals surface area contributed by atoms with E-state index in [1.54, 1.807) is 7.11 Å². The minimum atomic E-state index is 0.0367. The van der Waals surface area contributed by atoms with Crippen LogP contribution in [0.1, 0.15) is 17.0 Å². The molecule has 18 heavy (non-hydrogen) atoms. The molecule has 1 aromatic rings. The number of rotatable bonds is 6. The van der Waals surface area contributed by atoms with E-state index in [0.717, 1.165) is 11.4 Å². The average Bonchev–Trinajstić information content (AvgIpc) is 2.33. The Bertz CT molecular complexity index is 441. The molecule has 1 N–H and O–H groups in total. The van der Waals surface area contributed by atoms with E-state index in [1.165, 1.54) is 0 Å². The van der Waals surface area contributed by atoms with E-state index < -0.39 is 0 Å². The van der Waals surface area contributed by atoms with Gasteiger partial charge in [0.1, 0.15) is 6.07 Å². The van der Waals surface area contributed by atoms with Crippen LogP contribution in [-0.4, -0.2) is 43.5 Å². The van der Waals surface area contributed by atoms with Crippen molar-refractivity contribution < 1.29 is 9.84 Å². The van der Waals surface area contributed by atoms with Crippen LogP contribution < -0.4 is 4.90 Å². The van der Waals surface area contributed by atoms with Gasteiger partial charge < -0.3 is 14.7 Å². The molecule has 5 nitrogen and oxygen atoms in total. The Hall–Kier alpha value is -1.64. The third-order valence-electron chi connectivity index (χ3n) is 2.70. The van der Waals surface area contributed by atoms with Gasteiger partial charge in [0.25, 0.3) is 0 Å². The molecule has 0 aliphatic rings. The standard InChI is InChI=1S/C13H19N3O2/c1-10-8-13(12(9-14)11(2)15-10)16(4-6-17)5-7-18-3/h8,17H,4-7H2,1-3H3. The van der Waals surface area contributed by atoms with Gasteiger partial charge >= 0.3 is 0 Å². The van der Waals surface area contributed by atoms with Crippen molar-refractivity contribution >= 4 is 5.69 Å². The quantitative estimate of drug-likeness (QED) is 0.815. The average molecular weight is 249 g/mol. The summed E-state index contributed by atoms with van der Waals surface area (Å²) < 4.78 is 5.05. The molecule has 0 saturated carbocycles. The first-order valence-corrected chi connectivity index (χ1v) is 5.87. The molecule has 0 saturated heterocycles. The number of ether oxygens (including phenoxy) is 1. The molecule has 1 rings (SSSR count). The van der Waals surface area contributed by atoms with E-state index in [1.807, 2.05) is 24.8 Å². The fourth-order valence-electron chi connectivity index (χ4n) is 1.87. The summed E-state index contributed by atoms with van der Waals surface area (Å²) in [5.74, 6) is 0. The third-order valence-corrected chi connectivity index (χ3v) is 2.70. The van der Waals surface area contributed by atoms with Crippen LogP contribution in [0.4, 0.5) is 5.69 Å². The van der Waals surface area contributed by atoms with Crippen LogP contribution in [0.15, 0.2) is 6.07 Å². The Kier molecular flexibility index (Phi) is 5.56. The number of aryl methyl sites for hydroxylation is 2. The van der Waals surface area contributed by atoms with Crippen molar-refractivity contribution in [3.63, 3.8) is 0 Å². The molecule has 1 aromatic heterocycles. The Labute approximate surface area is 108 Å². The zero-order chi connectivity index (χ0) is 13.5. The molecule has 0 radical (unpaired) electrons. The maximum absolute atomic E-state index is 9.22. The van der Waals surface area contributed by atoms with Crippen molar-refractivity contribution in [1.29, 1.82) is 5.26 Å². The van der Waals surface area contributed by atoms with Gasteiger partial charge in [0.2, 0.25) is 0 Å². The van der Waals surface area contributed by atoms with E-state index >= 15 is 0 Å². The van der Waals surface area contributed by atoms with E-state index in [9.17, 15) is 5.26 Å². The summed E-state index contributed by atoms with van der Waals surface area (Å²) >= 11 is 0. The molecule has 0 aliphatic heterocycles. The highest BCUT2D eigenvalue weighted by molar-refractivity contribution is 5.61. The SMILES string of the molecule is COCCN(CCO)c1cc(C)nc(C)c1C#N. The Morgan fingerprint density at radius 1 is 1.44 bits per heavy atom. The number of methoxy groups -OCH3 is 1. The Morgan fingerprint density at radius 2 is 2.17 bits per heavy atom.